The number of furan rings is 1. The zero-order chi connectivity index (χ0) is 19.0. The first-order valence-corrected chi connectivity index (χ1v) is 11.1. The van der Waals surface area contributed by atoms with Crippen LogP contribution < -0.4 is 5.32 Å². The maximum atomic E-state index is 13.3. The van der Waals surface area contributed by atoms with E-state index >= 15 is 0 Å². The lowest BCUT2D eigenvalue weighted by Crippen LogP contribution is -2.32. The van der Waals surface area contributed by atoms with Gasteiger partial charge in [0.2, 0.25) is 9.84 Å². The Morgan fingerprint density at radius 3 is 2.72 bits per heavy atom. The van der Waals surface area contributed by atoms with Gasteiger partial charge in [-0.1, -0.05) is 7.43 Å². The topological polar surface area (TPSA) is 64.2 Å². The van der Waals surface area contributed by atoms with Crippen molar-refractivity contribution in [2.45, 2.75) is 48.6 Å². The fourth-order valence-electron chi connectivity index (χ4n) is 5.00. The Bertz CT molecular complexity index is 1360. The molecular formula is C23H24N2O3S. The van der Waals surface area contributed by atoms with Crippen molar-refractivity contribution in [2.24, 2.45) is 7.05 Å². The molecule has 6 rings (SSSR count). The van der Waals surface area contributed by atoms with Gasteiger partial charge in [-0.3, -0.25) is 0 Å². The number of rotatable bonds is 2. The van der Waals surface area contributed by atoms with Crippen LogP contribution in [0.2, 0.25) is 0 Å². The minimum Gasteiger partial charge on any atom is -0.464 e. The molecule has 2 bridgehead atoms. The van der Waals surface area contributed by atoms with E-state index in [1.807, 2.05) is 12.1 Å². The molecule has 5 nitrogen and oxygen atoms in total. The third-order valence-corrected chi connectivity index (χ3v) is 8.16. The van der Waals surface area contributed by atoms with Crippen molar-refractivity contribution in [2.75, 3.05) is 0 Å². The van der Waals surface area contributed by atoms with E-state index in [0.29, 0.717) is 27.5 Å². The summed E-state index contributed by atoms with van der Waals surface area (Å²) in [5.74, 6) is 0. The molecular weight excluding hydrogens is 384 g/mol. The van der Waals surface area contributed by atoms with Gasteiger partial charge in [-0.2, -0.15) is 0 Å². The summed E-state index contributed by atoms with van der Waals surface area (Å²) in [4.78, 5) is 0.640. The van der Waals surface area contributed by atoms with Crippen LogP contribution in [0.25, 0.3) is 21.9 Å². The molecule has 2 aliphatic heterocycles. The van der Waals surface area contributed by atoms with Crippen molar-refractivity contribution in [3.8, 4) is 0 Å². The Morgan fingerprint density at radius 2 is 1.86 bits per heavy atom. The second-order valence-electron chi connectivity index (χ2n) is 7.92. The Morgan fingerprint density at radius 1 is 1.07 bits per heavy atom. The summed E-state index contributed by atoms with van der Waals surface area (Å²) in [5.41, 5.74) is 4.42. The van der Waals surface area contributed by atoms with E-state index in [9.17, 15) is 8.42 Å². The largest absolute Gasteiger partial charge is 0.464 e. The summed E-state index contributed by atoms with van der Waals surface area (Å²) in [5, 5.41) is 5.53. The second kappa shape index (κ2) is 6.21. The van der Waals surface area contributed by atoms with Crippen LogP contribution >= 0.6 is 0 Å². The van der Waals surface area contributed by atoms with Gasteiger partial charge in [0.25, 0.3) is 0 Å². The zero-order valence-electron chi connectivity index (χ0n) is 15.5. The van der Waals surface area contributed by atoms with Crippen molar-refractivity contribution >= 4 is 31.7 Å². The van der Waals surface area contributed by atoms with E-state index < -0.39 is 9.84 Å². The van der Waals surface area contributed by atoms with E-state index in [1.165, 1.54) is 17.7 Å². The monoisotopic (exact) mass is 408 g/mol. The Labute approximate surface area is 170 Å². The Balaban J connectivity index is 0.00000181. The fraction of sp³-hybridized carbons (Fsp3) is 0.304. The Kier molecular flexibility index (Phi) is 3.95. The number of nitrogens with zero attached hydrogens (tertiary/aromatic N) is 1. The van der Waals surface area contributed by atoms with Gasteiger partial charge in [0.05, 0.1) is 16.1 Å². The minimum atomic E-state index is -3.60. The number of aromatic nitrogens is 1. The molecule has 1 N–H and O–H groups in total. The highest BCUT2D eigenvalue weighted by atomic mass is 32.2. The van der Waals surface area contributed by atoms with Crippen LogP contribution in [0.15, 0.2) is 62.9 Å². The average Bonchev–Trinajstić information content (AvgIpc) is 3.39. The smallest absolute Gasteiger partial charge is 0.206 e. The molecule has 29 heavy (non-hydrogen) atoms. The van der Waals surface area contributed by atoms with Crippen molar-refractivity contribution in [1.29, 1.82) is 0 Å². The van der Waals surface area contributed by atoms with Crippen LogP contribution in [0, 0.1) is 0 Å². The van der Waals surface area contributed by atoms with Crippen molar-refractivity contribution in [3.05, 3.63) is 60.0 Å². The van der Waals surface area contributed by atoms with E-state index in [2.05, 4.69) is 16.9 Å². The molecule has 150 valence electrons. The SMILES string of the molecule is C.Cn1c2c(c3cc(S(=O)(=O)c4ccc5occc5c4)ccc31)C1CCC(C2)N1. The van der Waals surface area contributed by atoms with Gasteiger partial charge in [0.15, 0.2) is 0 Å². The first-order chi connectivity index (χ1) is 13.5. The van der Waals surface area contributed by atoms with Crippen LogP contribution in [-0.2, 0) is 23.3 Å². The molecule has 2 unspecified atom stereocenters. The van der Waals surface area contributed by atoms with Crippen LogP contribution in [0.4, 0.5) is 0 Å². The van der Waals surface area contributed by atoms with Crippen LogP contribution in [0.5, 0.6) is 0 Å². The standard InChI is InChI=1S/C22H20N2O3S.CH4/c1-24-19-6-3-16(12-17(19)22-18-5-2-14(23-18)11-20(22)24)28(25,26)15-4-7-21-13(10-15)8-9-27-21;/h3-4,6-10,12,14,18,23H,2,5,11H2,1H3;1H4. The highest BCUT2D eigenvalue weighted by Gasteiger charge is 2.36. The second-order valence-corrected chi connectivity index (χ2v) is 9.87. The maximum absolute atomic E-state index is 13.3. The summed E-state index contributed by atoms with van der Waals surface area (Å²) in [7, 11) is -1.51. The van der Waals surface area contributed by atoms with Crippen LogP contribution in [0.3, 0.4) is 0 Å². The molecule has 0 spiro atoms. The normalized spacial score (nSPS) is 20.7. The number of fused-ring (bicyclic) bond motifs is 7. The number of nitrogens with one attached hydrogen (secondary N) is 1. The minimum absolute atomic E-state index is 0. The quantitative estimate of drug-likeness (QED) is 0.520. The number of benzene rings is 2. The molecule has 4 aromatic rings. The molecule has 2 aromatic carbocycles. The van der Waals surface area contributed by atoms with Crippen molar-refractivity contribution < 1.29 is 12.8 Å². The molecule has 0 amide bonds. The third kappa shape index (κ3) is 2.52. The van der Waals surface area contributed by atoms with Crippen LogP contribution in [0.1, 0.15) is 37.6 Å². The molecule has 0 aliphatic carbocycles. The van der Waals surface area contributed by atoms with Gasteiger partial charge in [0.1, 0.15) is 5.58 Å². The third-order valence-electron chi connectivity index (χ3n) is 6.41. The summed E-state index contributed by atoms with van der Waals surface area (Å²) in [6, 6.07) is 13.2. The molecule has 1 saturated heterocycles. The van der Waals surface area contributed by atoms with E-state index in [-0.39, 0.29) is 7.43 Å². The predicted molar refractivity (Wildman–Crippen MR) is 114 cm³/mol. The first kappa shape index (κ1) is 18.5. The lowest BCUT2D eigenvalue weighted by Gasteiger charge is -2.23. The van der Waals surface area contributed by atoms with Crippen LogP contribution in [-0.4, -0.2) is 19.0 Å². The van der Waals surface area contributed by atoms with E-state index in [1.54, 1.807) is 36.6 Å². The van der Waals surface area contributed by atoms with E-state index in [0.717, 1.165) is 29.1 Å². The van der Waals surface area contributed by atoms with E-state index in [4.69, 9.17) is 4.42 Å². The highest BCUT2D eigenvalue weighted by molar-refractivity contribution is 7.91. The zero-order valence-corrected chi connectivity index (χ0v) is 16.3. The number of hydrogen-bond donors (Lipinski definition) is 1. The average molecular weight is 409 g/mol. The molecule has 0 saturated carbocycles. The molecule has 4 heterocycles. The fourth-order valence-corrected chi connectivity index (χ4v) is 6.32. The molecule has 2 atom stereocenters. The van der Waals surface area contributed by atoms with Gasteiger partial charge < -0.3 is 14.3 Å². The lowest BCUT2D eigenvalue weighted by molar-refractivity contribution is 0.503. The molecule has 6 heteroatoms. The predicted octanol–water partition coefficient (Wildman–Crippen LogP) is 4.74. The van der Waals surface area contributed by atoms with Gasteiger partial charge in [-0.05, 0) is 60.9 Å². The van der Waals surface area contributed by atoms with Gasteiger partial charge in [0, 0.05) is 47.5 Å². The van der Waals surface area contributed by atoms with Gasteiger partial charge in [-0.25, -0.2) is 8.42 Å². The molecule has 1 fully saturated rings. The highest BCUT2D eigenvalue weighted by Crippen LogP contribution is 2.42. The first-order valence-electron chi connectivity index (χ1n) is 9.62. The number of sulfone groups is 1. The number of aryl methyl sites for hydroxylation is 1. The van der Waals surface area contributed by atoms with Crippen molar-refractivity contribution in [1.82, 2.24) is 9.88 Å². The lowest BCUT2D eigenvalue weighted by atomic mass is 9.99. The maximum Gasteiger partial charge on any atom is 0.206 e. The van der Waals surface area contributed by atoms with Gasteiger partial charge in [-0.15, -0.1) is 0 Å². The molecule has 2 aliphatic rings. The summed E-state index contributed by atoms with van der Waals surface area (Å²) < 4.78 is 34.2. The summed E-state index contributed by atoms with van der Waals surface area (Å²) >= 11 is 0. The molecule has 0 radical (unpaired) electrons. The van der Waals surface area contributed by atoms with Gasteiger partial charge >= 0.3 is 0 Å². The Hall–Kier alpha value is -2.57. The van der Waals surface area contributed by atoms with Crippen molar-refractivity contribution in [3.63, 3.8) is 0 Å². The summed E-state index contributed by atoms with van der Waals surface area (Å²) in [6.07, 6.45) is 4.88. The number of hydrogen-bond acceptors (Lipinski definition) is 4. The molecule has 2 aromatic heterocycles. The summed E-state index contributed by atoms with van der Waals surface area (Å²) in [6.45, 7) is 0.